The predicted molar refractivity (Wildman–Crippen MR) is 87.7 cm³/mol. The van der Waals surface area contributed by atoms with E-state index in [2.05, 4.69) is 37.1 Å². The summed E-state index contributed by atoms with van der Waals surface area (Å²) in [5, 5.41) is 1.36. The fourth-order valence-corrected chi connectivity index (χ4v) is 3.73. The minimum absolute atomic E-state index is 0.00638. The van der Waals surface area contributed by atoms with E-state index in [0.717, 1.165) is 11.5 Å². The maximum absolute atomic E-state index is 10.9. The van der Waals surface area contributed by atoms with Crippen molar-refractivity contribution >= 4 is 27.1 Å². The standard InChI is InChI=1S/C13H26N2O3S2/c1-7-12(15-20(16,17)18)10(4)9(3)11(5)19-13(8-2)14-6/h7,9-12,15H,1,8H2,2-6H3,(H,16,17,18)/b14-13-/t9-,10+,11+,12?/m0/s1. The van der Waals surface area contributed by atoms with Crippen LogP contribution in [-0.2, 0) is 10.3 Å². The molecule has 0 heterocycles. The summed E-state index contributed by atoms with van der Waals surface area (Å²) in [5.74, 6) is 0.229. The maximum Gasteiger partial charge on any atom is 0.333 e. The molecule has 1 unspecified atom stereocenters. The van der Waals surface area contributed by atoms with Crippen LogP contribution >= 0.6 is 11.8 Å². The van der Waals surface area contributed by atoms with Gasteiger partial charge in [-0.25, -0.2) is 0 Å². The van der Waals surface area contributed by atoms with Gasteiger partial charge in [0.1, 0.15) is 0 Å². The Morgan fingerprint density at radius 2 is 1.95 bits per heavy atom. The smallest absolute Gasteiger partial charge is 0.286 e. The second-order valence-corrected chi connectivity index (χ2v) is 7.50. The second-order valence-electron chi connectivity index (χ2n) is 4.87. The van der Waals surface area contributed by atoms with Crippen molar-refractivity contribution in [2.24, 2.45) is 16.8 Å². The first-order valence-corrected chi connectivity index (χ1v) is 8.97. The first-order valence-electron chi connectivity index (χ1n) is 6.65. The summed E-state index contributed by atoms with van der Waals surface area (Å²) in [7, 11) is -2.45. The Balaban J connectivity index is 4.80. The lowest BCUT2D eigenvalue weighted by Gasteiger charge is -2.30. The van der Waals surface area contributed by atoms with Crippen LogP contribution in [0.15, 0.2) is 17.6 Å². The van der Waals surface area contributed by atoms with Crippen LogP contribution < -0.4 is 4.72 Å². The number of hydrogen-bond donors (Lipinski definition) is 2. The van der Waals surface area contributed by atoms with Crippen molar-refractivity contribution in [1.29, 1.82) is 0 Å². The Bertz CT molecular complexity index is 435. The summed E-state index contributed by atoms with van der Waals surface area (Å²) in [6.07, 6.45) is 2.40. The molecule has 0 aromatic carbocycles. The van der Waals surface area contributed by atoms with Crippen LogP contribution in [0, 0.1) is 11.8 Å². The van der Waals surface area contributed by atoms with E-state index in [4.69, 9.17) is 4.55 Å². The molecule has 0 amide bonds. The molecule has 0 aliphatic rings. The van der Waals surface area contributed by atoms with Gasteiger partial charge in [-0.15, -0.1) is 18.3 Å². The molecule has 0 radical (unpaired) electrons. The molecular formula is C13H26N2O3S2. The van der Waals surface area contributed by atoms with Crippen molar-refractivity contribution in [2.75, 3.05) is 7.05 Å². The van der Waals surface area contributed by atoms with Gasteiger partial charge < -0.3 is 0 Å². The molecule has 20 heavy (non-hydrogen) atoms. The SMILES string of the molecule is C=CC(NS(=O)(=O)O)[C@H](C)[C@H](C)[C@@H](C)S/C(CC)=N\C. The van der Waals surface area contributed by atoms with E-state index in [1.807, 2.05) is 6.92 Å². The third kappa shape index (κ3) is 6.88. The molecule has 0 aromatic rings. The molecule has 7 heteroatoms. The van der Waals surface area contributed by atoms with Gasteiger partial charge in [0, 0.05) is 18.3 Å². The van der Waals surface area contributed by atoms with Crippen LogP contribution in [0.1, 0.15) is 34.1 Å². The topological polar surface area (TPSA) is 78.8 Å². The Morgan fingerprint density at radius 3 is 2.30 bits per heavy atom. The van der Waals surface area contributed by atoms with Gasteiger partial charge >= 0.3 is 10.3 Å². The van der Waals surface area contributed by atoms with E-state index in [-0.39, 0.29) is 17.1 Å². The van der Waals surface area contributed by atoms with Gasteiger partial charge in [0.15, 0.2) is 0 Å². The Morgan fingerprint density at radius 1 is 1.40 bits per heavy atom. The maximum atomic E-state index is 10.9. The second kappa shape index (κ2) is 8.81. The van der Waals surface area contributed by atoms with E-state index in [1.54, 1.807) is 18.8 Å². The van der Waals surface area contributed by atoms with E-state index in [1.165, 1.54) is 6.08 Å². The lowest BCUT2D eigenvalue weighted by molar-refractivity contribution is 0.333. The minimum Gasteiger partial charge on any atom is -0.286 e. The summed E-state index contributed by atoms with van der Waals surface area (Å²) in [6.45, 7) is 11.8. The highest BCUT2D eigenvalue weighted by Gasteiger charge is 2.28. The van der Waals surface area contributed by atoms with E-state index < -0.39 is 16.3 Å². The van der Waals surface area contributed by atoms with Gasteiger partial charge in [0.2, 0.25) is 0 Å². The first-order chi connectivity index (χ1) is 9.16. The Labute approximate surface area is 127 Å². The lowest BCUT2D eigenvalue weighted by atomic mass is 9.87. The van der Waals surface area contributed by atoms with Crippen LogP contribution in [0.5, 0.6) is 0 Å². The molecule has 118 valence electrons. The molecule has 0 saturated carbocycles. The van der Waals surface area contributed by atoms with E-state index in [9.17, 15) is 8.42 Å². The van der Waals surface area contributed by atoms with Crippen molar-refractivity contribution < 1.29 is 13.0 Å². The van der Waals surface area contributed by atoms with Crippen LogP contribution in [-0.4, -0.2) is 36.4 Å². The number of thioether (sulfide) groups is 1. The number of rotatable bonds is 8. The minimum atomic E-state index is -4.22. The highest BCUT2D eigenvalue weighted by Crippen LogP contribution is 2.29. The molecule has 0 aliphatic carbocycles. The summed E-state index contributed by atoms with van der Waals surface area (Å²) >= 11 is 1.70. The molecular weight excluding hydrogens is 296 g/mol. The van der Waals surface area contributed by atoms with Crippen molar-refractivity contribution in [3.63, 3.8) is 0 Å². The number of aliphatic imine (C=N–C) groups is 1. The van der Waals surface area contributed by atoms with Crippen molar-refractivity contribution in [1.82, 2.24) is 4.72 Å². The van der Waals surface area contributed by atoms with Crippen LogP contribution in [0.3, 0.4) is 0 Å². The van der Waals surface area contributed by atoms with Crippen LogP contribution in [0.25, 0.3) is 0 Å². The van der Waals surface area contributed by atoms with Gasteiger partial charge in [-0.05, 0) is 18.3 Å². The van der Waals surface area contributed by atoms with Gasteiger partial charge in [0.05, 0.1) is 5.04 Å². The van der Waals surface area contributed by atoms with Crippen molar-refractivity contribution in [3.05, 3.63) is 12.7 Å². The largest absolute Gasteiger partial charge is 0.333 e. The lowest BCUT2D eigenvalue weighted by Crippen LogP contribution is -2.41. The zero-order valence-corrected chi connectivity index (χ0v) is 14.5. The summed E-state index contributed by atoms with van der Waals surface area (Å²) in [4.78, 5) is 4.22. The molecule has 0 bridgehead atoms. The molecule has 0 aromatic heterocycles. The monoisotopic (exact) mass is 322 g/mol. The van der Waals surface area contributed by atoms with Crippen molar-refractivity contribution in [3.8, 4) is 0 Å². The highest BCUT2D eigenvalue weighted by atomic mass is 32.2. The average Bonchev–Trinajstić information content (AvgIpc) is 2.39. The molecule has 0 spiro atoms. The first kappa shape index (κ1) is 19.6. The predicted octanol–water partition coefficient (Wildman–Crippen LogP) is 2.77. The molecule has 0 saturated heterocycles. The summed E-state index contributed by atoms with van der Waals surface area (Å²) < 4.78 is 33.0. The Kier molecular flexibility index (Phi) is 8.65. The van der Waals surface area contributed by atoms with Gasteiger partial charge in [-0.3, -0.25) is 9.55 Å². The van der Waals surface area contributed by atoms with Crippen LogP contribution in [0.4, 0.5) is 0 Å². The number of hydrogen-bond acceptors (Lipinski definition) is 4. The number of nitrogens with zero attached hydrogens (tertiary/aromatic N) is 1. The molecule has 2 N–H and O–H groups in total. The molecule has 4 atom stereocenters. The van der Waals surface area contributed by atoms with Gasteiger partial charge in [0.25, 0.3) is 0 Å². The zero-order chi connectivity index (χ0) is 15.9. The highest BCUT2D eigenvalue weighted by molar-refractivity contribution is 8.14. The number of nitrogens with one attached hydrogen (secondary N) is 1. The third-order valence-corrected chi connectivity index (χ3v) is 5.66. The van der Waals surface area contributed by atoms with Gasteiger partial charge in [-0.2, -0.15) is 13.1 Å². The molecule has 5 nitrogen and oxygen atoms in total. The Hall–Kier alpha value is -0.370. The average molecular weight is 322 g/mol. The normalized spacial score (nSPS) is 19.2. The van der Waals surface area contributed by atoms with Crippen LogP contribution in [0.2, 0.25) is 0 Å². The fraction of sp³-hybridized carbons (Fsp3) is 0.769. The molecule has 0 aliphatic heterocycles. The summed E-state index contributed by atoms with van der Waals surface area (Å²) in [6, 6.07) is -0.494. The fourth-order valence-electron chi connectivity index (χ4n) is 1.91. The quantitative estimate of drug-likeness (QED) is 0.312. The van der Waals surface area contributed by atoms with Crippen molar-refractivity contribution in [2.45, 2.75) is 45.4 Å². The third-order valence-electron chi connectivity index (χ3n) is 3.55. The molecule has 0 rings (SSSR count). The molecule has 0 fully saturated rings. The van der Waals surface area contributed by atoms with E-state index in [0.29, 0.717) is 0 Å². The summed E-state index contributed by atoms with van der Waals surface area (Å²) in [5.41, 5.74) is 0. The zero-order valence-electron chi connectivity index (χ0n) is 12.8. The van der Waals surface area contributed by atoms with E-state index >= 15 is 0 Å². The van der Waals surface area contributed by atoms with Gasteiger partial charge in [-0.1, -0.05) is 33.8 Å².